The van der Waals surface area contributed by atoms with Crippen LogP contribution in [0.4, 0.5) is 0 Å². The second-order valence-corrected chi connectivity index (χ2v) is 6.56. The van der Waals surface area contributed by atoms with Crippen molar-refractivity contribution in [3.8, 4) is 11.5 Å². The number of hydrogen-bond donors (Lipinski definition) is 1. The summed E-state index contributed by atoms with van der Waals surface area (Å²) in [4.78, 5) is 12.1. The molecular formula is C22H25N3O3. The third kappa shape index (κ3) is 5.61. The van der Waals surface area contributed by atoms with Crippen molar-refractivity contribution in [2.75, 3.05) is 7.11 Å². The molecule has 0 saturated heterocycles. The van der Waals surface area contributed by atoms with Gasteiger partial charge < -0.3 is 14.8 Å². The second-order valence-electron chi connectivity index (χ2n) is 6.56. The highest BCUT2D eigenvalue weighted by Crippen LogP contribution is 2.28. The molecule has 0 spiro atoms. The topological polar surface area (TPSA) is 65.4 Å². The molecule has 0 aliphatic rings. The largest absolute Gasteiger partial charge is 0.493 e. The number of carbonyl (C=O) groups is 1. The molecule has 0 bridgehead atoms. The number of ether oxygens (including phenoxy) is 2. The molecule has 0 aliphatic carbocycles. The molecule has 6 heteroatoms. The first kappa shape index (κ1) is 19.5. The summed E-state index contributed by atoms with van der Waals surface area (Å²) in [6.07, 6.45) is 4.81. The molecule has 2 aromatic carbocycles. The van der Waals surface area contributed by atoms with E-state index >= 15 is 0 Å². The maximum atomic E-state index is 12.1. The van der Waals surface area contributed by atoms with Gasteiger partial charge in [-0.1, -0.05) is 36.4 Å². The van der Waals surface area contributed by atoms with Crippen molar-refractivity contribution in [3.05, 3.63) is 77.6 Å². The minimum Gasteiger partial charge on any atom is -0.493 e. The Morgan fingerprint density at radius 1 is 1.07 bits per heavy atom. The van der Waals surface area contributed by atoms with E-state index in [9.17, 15) is 4.79 Å². The van der Waals surface area contributed by atoms with E-state index in [1.165, 1.54) is 0 Å². The first-order valence-electron chi connectivity index (χ1n) is 9.22. The number of benzene rings is 2. The summed E-state index contributed by atoms with van der Waals surface area (Å²) in [5.74, 6) is 1.34. The van der Waals surface area contributed by atoms with Gasteiger partial charge in [-0.3, -0.25) is 9.48 Å². The smallest absolute Gasteiger partial charge is 0.220 e. The second kappa shape index (κ2) is 9.60. The van der Waals surface area contributed by atoms with E-state index in [1.807, 2.05) is 61.8 Å². The quantitative estimate of drug-likeness (QED) is 0.620. The van der Waals surface area contributed by atoms with E-state index in [4.69, 9.17) is 9.47 Å². The molecule has 0 saturated carbocycles. The minimum atomic E-state index is 0.00669. The van der Waals surface area contributed by atoms with E-state index in [0.717, 1.165) is 16.7 Å². The lowest BCUT2D eigenvalue weighted by molar-refractivity contribution is -0.121. The summed E-state index contributed by atoms with van der Waals surface area (Å²) in [5.41, 5.74) is 3.10. The number of amides is 1. The first-order chi connectivity index (χ1) is 13.6. The average Bonchev–Trinajstić information content (AvgIpc) is 3.15. The van der Waals surface area contributed by atoms with Crippen molar-refractivity contribution in [2.45, 2.75) is 26.0 Å². The molecule has 3 rings (SSSR count). The SMILES string of the molecule is COc1cc(CNC(=O)CCc2cnn(C)c2)ccc1OCc1ccccc1. The van der Waals surface area contributed by atoms with Crippen molar-refractivity contribution >= 4 is 5.91 Å². The van der Waals surface area contributed by atoms with Gasteiger partial charge in [0, 0.05) is 26.2 Å². The molecule has 3 aromatic rings. The summed E-state index contributed by atoms with van der Waals surface area (Å²) in [7, 11) is 3.48. The third-order valence-electron chi connectivity index (χ3n) is 4.35. The van der Waals surface area contributed by atoms with Gasteiger partial charge in [0.25, 0.3) is 0 Å². The van der Waals surface area contributed by atoms with Crippen LogP contribution in [0.2, 0.25) is 0 Å². The van der Waals surface area contributed by atoms with Gasteiger partial charge in [0.05, 0.1) is 13.3 Å². The maximum Gasteiger partial charge on any atom is 0.220 e. The highest BCUT2D eigenvalue weighted by Gasteiger charge is 2.08. The molecule has 0 unspecified atom stereocenters. The lowest BCUT2D eigenvalue weighted by Crippen LogP contribution is -2.23. The Labute approximate surface area is 165 Å². The molecular weight excluding hydrogens is 354 g/mol. The fraction of sp³-hybridized carbons (Fsp3) is 0.273. The number of nitrogens with one attached hydrogen (secondary N) is 1. The number of methoxy groups -OCH3 is 1. The molecule has 1 N–H and O–H groups in total. The van der Waals surface area contributed by atoms with Crippen LogP contribution in [0, 0.1) is 0 Å². The number of nitrogens with zero attached hydrogens (tertiary/aromatic N) is 2. The highest BCUT2D eigenvalue weighted by atomic mass is 16.5. The molecule has 146 valence electrons. The average molecular weight is 379 g/mol. The molecule has 0 atom stereocenters. The van der Waals surface area contributed by atoms with Crippen LogP contribution in [0.25, 0.3) is 0 Å². The Kier molecular flexibility index (Phi) is 6.68. The molecule has 28 heavy (non-hydrogen) atoms. The van der Waals surface area contributed by atoms with Gasteiger partial charge in [0.1, 0.15) is 6.61 Å². The maximum absolute atomic E-state index is 12.1. The zero-order valence-electron chi connectivity index (χ0n) is 16.2. The summed E-state index contributed by atoms with van der Waals surface area (Å²) < 4.78 is 13.0. The first-order valence-corrected chi connectivity index (χ1v) is 9.22. The summed E-state index contributed by atoms with van der Waals surface area (Å²) in [6.45, 7) is 0.919. The number of aromatic nitrogens is 2. The van der Waals surface area contributed by atoms with E-state index in [2.05, 4.69) is 10.4 Å². The fourth-order valence-corrected chi connectivity index (χ4v) is 2.82. The standard InChI is InChI=1S/C22H25N3O3/c1-25-15-19(14-24-25)9-11-22(26)23-13-18-8-10-20(21(12-18)27-2)28-16-17-6-4-3-5-7-17/h3-8,10,12,14-15H,9,11,13,16H2,1-2H3,(H,23,26). The molecule has 6 nitrogen and oxygen atoms in total. The van der Waals surface area contributed by atoms with Gasteiger partial charge in [-0.25, -0.2) is 0 Å². The minimum absolute atomic E-state index is 0.00669. The molecule has 0 radical (unpaired) electrons. The summed E-state index contributed by atoms with van der Waals surface area (Å²) in [5, 5.41) is 7.05. The van der Waals surface area contributed by atoms with Crippen molar-refractivity contribution in [1.29, 1.82) is 0 Å². The van der Waals surface area contributed by atoms with Gasteiger partial charge in [-0.05, 0) is 35.2 Å². The lowest BCUT2D eigenvalue weighted by Gasteiger charge is -2.13. The van der Waals surface area contributed by atoms with E-state index < -0.39 is 0 Å². The number of aryl methyl sites for hydroxylation is 2. The van der Waals surface area contributed by atoms with Crippen molar-refractivity contribution in [1.82, 2.24) is 15.1 Å². The number of hydrogen-bond acceptors (Lipinski definition) is 4. The molecule has 1 heterocycles. The van der Waals surface area contributed by atoms with Crippen LogP contribution >= 0.6 is 0 Å². The molecule has 0 aliphatic heterocycles. The van der Waals surface area contributed by atoms with E-state index in [0.29, 0.717) is 37.5 Å². The van der Waals surface area contributed by atoms with Crippen LogP contribution in [-0.2, 0) is 31.4 Å². The van der Waals surface area contributed by atoms with Crippen LogP contribution < -0.4 is 14.8 Å². The van der Waals surface area contributed by atoms with Crippen molar-refractivity contribution in [2.24, 2.45) is 7.05 Å². The Balaban J connectivity index is 1.50. The van der Waals surface area contributed by atoms with Crippen LogP contribution in [-0.4, -0.2) is 22.8 Å². The molecule has 1 aromatic heterocycles. The predicted molar refractivity (Wildman–Crippen MR) is 107 cm³/mol. The van der Waals surface area contributed by atoms with Crippen molar-refractivity contribution < 1.29 is 14.3 Å². The number of carbonyl (C=O) groups excluding carboxylic acids is 1. The van der Waals surface area contributed by atoms with Crippen LogP contribution in [0.1, 0.15) is 23.1 Å². The number of rotatable bonds is 9. The van der Waals surface area contributed by atoms with E-state index in [1.54, 1.807) is 18.0 Å². The highest BCUT2D eigenvalue weighted by molar-refractivity contribution is 5.76. The Hall–Kier alpha value is -3.28. The van der Waals surface area contributed by atoms with Gasteiger partial charge in [0.2, 0.25) is 5.91 Å². The summed E-state index contributed by atoms with van der Waals surface area (Å²) in [6, 6.07) is 15.7. The molecule has 0 fully saturated rings. The fourth-order valence-electron chi connectivity index (χ4n) is 2.82. The third-order valence-corrected chi connectivity index (χ3v) is 4.35. The Bertz CT molecular complexity index is 906. The van der Waals surface area contributed by atoms with Gasteiger partial charge in [-0.2, -0.15) is 5.10 Å². The zero-order valence-corrected chi connectivity index (χ0v) is 16.2. The van der Waals surface area contributed by atoms with Gasteiger partial charge >= 0.3 is 0 Å². The predicted octanol–water partition coefficient (Wildman–Crippen LogP) is 3.26. The zero-order chi connectivity index (χ0) is 19.8. The van der Waals surface area contributed by atoms with Crippen LogP contribution in [0.3, 0.4) is 0 Å². The van der Waals surface area contributed by atoms with Gasteiger partial charge in [-0.15, -0.1) is 0 Å². The van der Waals surface area contributed by atoms with E-state index in [-0.39, 0.29) is 5.91 Å². The Morgan fingerprint density at radius 2 is 1.89 bits per heavy atom. The van der Waals surface area contributed by atoms with Crippen LogP contribution in [0.5, 0.6) is 11.5 Å². The summed E-state index contributed by atoms with van der Waals surface area (Å²) >= 11 is 0. The van der Waals surface area contributed by atoms with Crippen molar-refractivity contribution in [3.63, 3.8) is 0 Å². The lowest BCUT2D eigenvalue weighted by atomic mass is 10.1. The molecule has 1 amide bonds. The van der Waals surface area contributed by atoms with Crippen LogP contribution in [0.15, 0.2) is 60.9 Å². The van der Waals surface area contributed by atoms with Gasteiger partial charge in [0.15, 0.2) is 11.5 Å². The Morgan fingerprint density at radius 3 is 2.61 bits per heavy atom. The normalized spacial score (nSPS) is 10.5. The monoisotopic (exact) mass is 379 g/mol.